The molecule has 1 amide bonds. The van der Waals surface area contributed by atoms with Crippen LogP contribution in [0.5, 0.6) is 0 Å². The minimum Gasteiger partial charge on any atom is -0.356 e. The van der Waals surface area contributed by atoms with Gasteiger partial charge in [0.1, 0.15) is 5.69 Å². The Hall–Kier alpha value is -2.32. The summed E-state index contributed by atoms with van der Waals surface area (Å²) in [4.78, 5) is 12.7. The summed E-state index contributed by atoms with van der Waals surface area (Å²) in [7, 11) is 1.90. The topological polar surface area (TPSA) is 75.6 Å². The number of H-pyrrole nitrogens is 1. The zero-order valence-electron chi connectivity index (χ0n) is 15.0. The number of alkyl halides is 3. The lowest BCUT2D eigenvalue weighted by Gasteiger charge is -2.46. The molecule has 0 radical (unpaired) electrons. The smallest absolute Gasteiger partial charge is 0.356 e. The molecule has 0 saturated heterocycles. The van der Waals surface area contributed by atoms with Crippen molar-refractivity contribution >= 4 is 5.91 Å². The molecule has 3 aliphatic rings. The van der Waals surface area contributed by atoms with Gasteiger partial charge >= 0.3 is 6.18 Å². The molecule has 3 unspecified atom stereocenters. The summed E-state index contributed by atoms with van der Waals surface area (Å²) in [5.41, 5.74) is 0.297. The predicted molar refractivity (Wildman–Crippen MR) is 90.6 cm³/mol. The molecule has 27 heavy (non-hydrogen) atoms. The standard InChI is InChI=1S/C18H22F3N5O/c1-26-13(5-8-24-26)17-6-4-11(9-17)14(17)16(27)22-7-2-3-12-10-23-25-15(12)18(19,20)21/h5,8,10-11,14H,2-4,6-7,9H2,1H3,(H,22,27)(H,23,25). The van der Waals surface area contributed by atoms with Crippen LogP contribution < -0.4 is 5.32 Å². The lowest BCUT2D eigenvalue weighted by molar-refractivity contribution is -0.141. The van der Waals surface area contributed by atoms with Crippen molar-refractivity contribution in [1.29, 1.82) is 0 Å². The molecule has 6 nitrogen and oxygen atoms in total. The highest BCUT2D eigenvalue weighted by Crippen LogP contribution is 2.63. The van der Waals surface area contributed by atoms with Gasteiger partial charge in [-0.2, -0.15) is 23.4 Å². The van der Waals surface area contributed by atoms with Crippen molar-refractivity contribution in [3.05, 3.63) is 35.4 Å². The summed E-state index contributed by atoms with van der Waals surface area (Å²) >= 11 is 0. The number of nitrogens with zero attached hydrogens (tertiary/aromatic N) is 3. The number of nitrogens with one attached hydrogen (secondary N) is 2. The first-order valence-corrected chi connectivity index (χ1v) is 9.18. The van der Waals surface area contributed by atoms with Gasteiger partial charge in [-0.15, -0.1) is 0 Å². The first kappa shape index (κ1) is 18.1. The number of carbonyl (C=O) groups excluding carboxylic acids is 1. The Bertz CT molecular complexity index is 838. The fourth-order valence-corrected chi connectivity index (χ4v) is 5.04. The maximum Gasteiger partial charge on any atom is 0.433 e. The summed E-state index contributed by atoms with van der Waals surface area (Å²) in [5, 5.41) is 12.7. The Kier molecular flexibility index (Phi) is 4.27. The third-order valence-electron chi connectivity index (χ3n) is 6.19. The van der Waals surface area contributed by atoms with E-state index >= 15 is 0 Å². The lowest BCUT2D eigenvalue weighted by Crippen LogP contribution is -2.53. The van der Waals surface area contributed by atoms with Crippen LogP contribution in [0.1, 0.15) is 42.6 Å². The normalized spacial score (nSPS) is 26.8. The van der Waals surface area contributed by atoms with Gasteiger partial charge in [-0.1, -0.05) is 0 Å². The molecule has 2 N–H and O–H groups in total. The summed E-state index contributed by atoms with van der Waals surface area (Å²) in [6, 6.07) is 1.99. The number of fused-ring (bicyclic) bond motifs is 1. The van der Waals surface area contributed by atoms with E-state index in [0.29, 0.717) is 18.9 Å². The van der Waals surface area contributed by atoms with Gasteiger partial charge in [-0.3, -0.25) is 14.6 Å². The molecule has 2 aromatic heterocycles. The van der Waals surface area contributed by atoms with Crippen molar-refractivity contribution in [2.75, 3.05) is 6.54 Å². The van der Waals surface area contributed by atoms with E-state index in [0.717, 1.165) is 25.0 Å². The largest absolute Gasteiger partial charge is 0.433 e. The van der Waals surface area contributed by atoms with Gasteiger partial charge in [0.15, 0.2) is 0 Å². The van der Waals surface area contributed by atoms with Gasteiger partial charge in [0, 0.05) is 36.5 Å². The summed E-state index contributed by atoms with van der Waals surface area (Å²) in [5.74, 6) is 0.339. The molecule has 0 aliphatic heterocycles. The highest BCUT2D eigenvalue weighted by Gasteiger charge is 2.63. The average molecular weight is 381 g/mol. The Morgan fingerprint density at radius 2 is 2.30 bits per heavy atom. The Balaban J connectivity index is 1.33. The Morgan fingerprint density at radius 1 is 1.48 bits per heavy atom. The molecule has 2 aromatic rings. The molecule has 3 aliphatic carbocycles. The van der Waals surface area contributed by atoms with E-state index in [1.807, 2.05) is 22.9 Å². The third kappa shape index (κ3) is 2.93. The fraction of sp³-hybridized carbons (Fsp3) is 0.611. The second-order valence-electron chi connectivity index (χ2n) is 7.64. The van der Waals surface area contributed by atoms with Crippen molar-refractivity contribution in [3.8, 4) is 0 Å². The SMILES string of the molecule is Cn1nccc1C12CCC(C1)C2C(=O)NCCCc1cn[nH]c1C(F)(F)F. The highest BCUT2D eigenvalue weighted by molar-refractivity contribution is 5.82. The molecule has 146 valence electrons. The number of hydrogen-bond donors (Lipinski definition) is 2. The molecule has 9 heteroatoms. The minimum atomic E-state index is -4.43. The second kappa shape index (κ2) is 6.38. The number of hydrogen-bond acceptors (Lipinski definition) is 3. The molecular formula is C18H22F3N5O. The predicted octanol–water partition coefficient (Wildman–Crippen LogP) is 2.58. The van der Waals surface area contributed by atoms with Crippen LogP contribution in [0.3, 0.4) is 0 Å². The van der Waals surface area contributed by atoms with E-state index in [9.17, 15) is 18.0 Å². The Labute approximate surface area is 154 Å². The first-order chi connectivity index (χ1) is 12.8. The van der Waals surface area contributed by atoms with Gasteiger partial charge in [0.05, 0.1) is 12.1 Å². The molecule has 3 atom stereocenters. The summed E-state index contributed by atoms with van der Waals surface area (Å²) in [6.45, 7) is 0.353. The molecule has 2 heterocycles. The van der Waals surface area contributed by atoms with Crippen LogP contribution >= 0.6 is 0 Å². The van der Waals surface area contributed by atoms with E-state index in [2.05, 4.69) is 15.5 Å². The molecule has 0 aromatic carbocycles. The number of aromatic nitrogens is 4. The van der Waals surface area contributed by atoms with Gasteiger partial charge in [-0.25, -0.2) is 0 Å². The molecule has 0 spiro atoms. The molecule has 3 saturated carbocycles. The van der Waals surface area contributed by atoms with Crippen molar-refractivity contribution < 1.29 is 18.0 Å². The highest BCUT2D eigenvalue weighted by atomic mass is 19.4. The van der Waals surface area contributed by atoms with Crippen LogP contribution in [-0.2, 0) is 29.9 Å². The van der Waals surface area contributed by atoms with E-state index in [4.69, 9.17) is 0 Å². The van der Waals surface area contributed by atoms with Crippen LogP contribution in [0.4, 0.5) is 13.2 Å². The number of carbonyl (C=O) groups is 1. The maximum absolute atomic E-state index is 12.8. The van der Waals surface area contributed by atoms with Crippen LogP contribution in [0.25, 0.3) is 0 Å². The van der Waals surface area contributed by atoms with Crippen molar-refractivity contribution in [1.82, 2.24) is 25.3 Å². The van der Waals surface area contributed by atoms with Gasteiger partial charge in [-0.05, 0) is 44.1 Å². The molecular weight excluding hydrogens is 359 g/mol. The van der Waals surface area contributed by atoms with Crippen molar-refractivity contribution in [2.45, 2.75) is 43.7 Å². The first-order valence-electron chi connectivity index (χ1n) is 9.18. The second-order valence-corrected chi connectivity index (χ2v) is 7.64. The maximum atomic E-state index is 12.8. The Morgan fingerprint density at radius 3 is 2.96 bits per heavy atom. The van der Waals surface area contributed by atoms with Crippen LogP contribution in [0.2, 0.25) is 0 Å². The van der Waals surface area contributed by atoms with E-state index < -0.39 is 11.9 Å². The molecule has 3 fully saturated rings. The fourth-order valence-electron chi connectivity index (χ4n) is 5.04. The van der Waals surface area contributed by atoms with Gasteiger partial charge in [0.2, 0.25) is 5.91 Å². The zero-order valence-corrected chi connectivity index (χ0v) is 15.0. The number of aryl methyl sites for hydroxylation is 2. The van der Waals surface area contributed by atoms with E-state index in [-0.39, 0.29) is 29.2 Å². The average Bonchev–Trinajstić information content (AvgIpc) is 3.33. The number of aromatic amines is 1. The lowest BCUT2D eigenvalue weighted by atomic mass is 9.58. The third-order valence-corrected chi connectivity index (χ3v) is 6.19. The summed E-state index contributed by atoms with van der Waals surface area (Å²) < 4.78 is 40.3. The number of halogens is 3. The zero-order chi connectivity index (χ0) is 19.2. The molecule has 5 rings (SSSR count). The van der Waals surface area contributed by atoms with E-state index in [1.54, 1.807) is 6.20 Å². The van der Waals surface area contributed by atoms with Crippen molar-refractivity contribution in [3.63, 3.8) is 0 Å². The quantitative estimate of drug-likeness (QED) is 0.756. The van der Waals surface area contributed by atoms with Gasteiger partial charge in [0.25, 0.3) is 0 Å². The summed E-state index contributed by atoms with van der Waals surface area (Å²) in [6.07, 6.45) is 2.20. The van der Waals surface area contributed by atoms with Crippen LogP contribution in [0, 0.1) is 11.8 Å². The van der Waals surface area contributed by atoms with E-state index in [1.165, 1.54) is 6.20 Å². The number of rotatable bonds is 6. The number of amides is 1. The monoisotopic (exact) mass is 381 g/mol. The van der Waals surface area contributed by atoms with Crippen LogP contribution in [0.15, 0.2) is 18.5 Å². The van der Waals surface area contributed by atoms with Crippen molar-refractivity contribution in [2.24, 2.45) is 18.9 Å². The van der Waals surface area contributed by atoms with Crippen LogP contribution in [-0.4, -0.2) is 32.4 Å². The van der Waals surface area contributed by atoms with Gasteiger partial charge < -0.3 is 5.32 Å². The molecule has 2 bridgehead atoms. The minimum absolute atomic E-state index is 0.00758.